The smallest absolute Gasteiger partial charge is 0.257 e. The Morgan fingerprint density at radius 2 is 2.05 bits per heavy atom. The van der Waals surface area contributed by atoms with Crippen LogP contribution in [-0.2, 0) is 0 Å². The summed E-state index contributed by atoms with van der Waals surface area (Å²) in [6.45, 7) is 7.50. The van der Waals surface area contributed by atoms with Crippen LogP contribution in [0.4, 0.5) is 0 Å². The number of aryl methyl sites for hydroxylation is 4. The average Bonchev–Trinajstić information content (AvgIpc) is 2.78. The van der Waals surface area contributed by atoms with Crippen molar-refractivity contribution in [3.63, 3.8) is 0 Å². The highest BCUT2D eigenvalue weighted by Crippen LogP contribution is 2.22. The minimum absolute atomic E-state index is 0.116. The topological polar surface area (TPSA) is 71.6 Å². The van der Waals surface area contributed by atoms with Gasteiger partial charge < -0.3 is 0 Å². The summed E-state index contributed by atoms with van der Waals surface area (Å²) in [7, 11) is 0. The fourth-order valence-electron chi connectivity index (χ4n) is 1.95. The van der Waals surface area contributed by atoms with Crippen LogP contribution in [0.15, 0.2) is 17.2 Å². The lowest BCUT2D eigenvalue weighted by molar-refractivity contribution is 0.0924. The quantitative estimate of drug-likeness (QED) is 0.815. The van der Waals surface area contributed by atoms with Crippen molar-refractivity contribution in [2.45, 2.75) is 32.7 Å². The molecule has 2 rings (SSSR count). The van der Waals surface area contributed by atoms with Gasteiger partial charge in [-0.2, -0.15) is 10.4 Å². The van der Waals surface area contributed by atoms with Crippen molar-refractivity contribution in [2.24, 2.45) is 0 Å². The summed E-state index contributed by atoms with van der Waals surface area (Å²) < 4.78 is 1.40. The molecule has 0 amide bonds. The lowest BCUT2D eigenvalue weighted by Gasteiger charge is -2.07. The lowest BCUT2D eigenvalue weighted by Crippen LogP contribution is -2.16. The van der Waals surface area contributed by atoms with Crippen LogP contribution in [0, 0.1) is 39.0 Å². The van der Waals surface area contributed by atoms with Crippen LogP contribution in [-0.4, -0.2) is 26.4 Å². The van der Waals surface area contributed by atoms with Gasteiger partial charge in [0.1, 0.15) is 11.1 Å². The summed E-state index contributed by atoms with van der Waals surface area (Å²) in [6, 6.07) is 5.79. The maximum Gasteiger partial charge on any atom is 0.257 e. The number of nitrogens with zero attached hydrogens (tertiary/aromatic N) is 4. The number of nitriles is 1. The molecule has 0 aliphatic rings. The van der Waals surface area contributed by atoms with Gasteiger partial charge in [-0.3, -0.25) is 4.79 Å². The lowest BCUT2D eigenvalue weighted by atomic mass is 10.2. The van der Waals surface area contributed by atoms with E-state index in [2.05, 4.69) is 16.2 Å². The number of thioether (sulfide) groups is 1. The number of pyridine rings is 1. The highest BCUT2D eigenvalue weighted by molar-refractivity contribution is 8.00. The number of hydrogen-bond acceptors (Lipinski definition) is 5. The van der Waals surface area contributed by atoms with E-state index in [4.69, 9.17) is 5.26 Å². The van der Waals surface area contributed by atoms with Gasteiger partial charge >= 0.3 is 0 Å². The molecule has 0 saturated heterocycles. The number of carbonyl (C=O) groups is 1. The van der Waals surface area contributed by atoms with Crippen LogP contribution in [0.5, 0.6) is 0 Å². The monoisotopic (exact) mass is 300 g/mol. The number of hydrogen-bond donors (Lipinski definition) is 0. The molecule has 0 bridgehead atoms. The molecule has 0 N–H and O–H groups in total. The van der Waals surface area contributed by atoms with Crippen LogP contribution in [0.1, 0.15) is 33.0 Å². The molecule has 0 spiro atoms. The highest BCUT2D eigenvalue weighted by Gasteiger charge is 2.13. The van der Waals surface area contributed by atoms with Gasteiger partial charge in [-0.15, -0.1) is 0 Å². The Kier molecular flexibility index (Phi) is 4.43. The normalized spacial score (nSPS) is 10.4. The van der Waals surface area contributed by atoms with E-state index in [1.54, 1.807) is 6.07 Å². The summed E-state index contributed by atoms with van der Waals surface area (Å²) in [5.74, 6) is 0.0843. The maximum absolute atomic E-state index is 12.2. The third-order valence-corrected chi connectivity index (χ3v) is 4.11. The first-order chi connectivity index (χ1) is 9.92. The minimum atomic E-state index is -0.116. The van der Waals surface area contributed by atoms with E-state index in [-0.39, 0.29) is 11.7 Å². The summed E-state index contributed by atoms with van der Waals surface area (Å²) in [5.41, 5.74) is 3.97. The van der Waals surface area contributed by atoms with E-state index in [1.807, 2.05) is 33.8 Å². The molecule has 0 atom stereocenters. The van der Waals surface area contributed by atoms with Crippen molar-refractivity contribution in [2.75, 3.05) is 5.75 Å². The second-order valence-corrected chi connectivity index (χ2v) is 5.84. The molecular formula is C15H16N4OS. The first kappa shape index (κ1) is 15.3. The predicted octanol–water partition coefficient (Wildman–Crippen LogP) is 2.82. The van der Waals surface area contributed by atoms with E-state index in [0.29, 0.717) is 10.6 Å². The zero-order valence-corrected chi connectivity index (χ0v) is 13.3. The molecule has 21 heavy (non-hydrogen) atoms. The molecular weight excluding hydrogens is 284 g/mol. The van der Waals surface area contributed by atoms with Crippen LogP contribution < -0.4 is 0 Å². The molecule has 0 saturated carbocycles. The first-order valence-electron chi connectivity index (χ1n) is 6.50. The van der Waals surface area contributed by atoms with Gasteiger partial charge in [0, 0.05) is 11.4 Å². The molecule has 0 unspecified atom stereocenters. The summed E-state index contributed by atoms with van der Waals surface area (Å²) in [4.78, 5) is 16.6. The molecule has 108 valence electrons. The largest absolute Gasteiger partial charge is 0.272 e. The average molecular weight is 300 g/mol. The third kappa shape index (κ3) is 3.31. The van der Waals surface area contributed by atoms with Crippen LogP contribution in [0.25, 0.3) is 0 Å². The second kappa shape index (κ2) is 6.10. The van der Waals surface area contributed by atoms with Gasteiger partial charge in [0.05, 0.1) is 17.0 Å². The fourth-order valence-corrected chi connectivity index (χ4v) is 2.79. The highest BCUT2D eigenvalue weighted by atomic mass is 32.2. The first-order valence-corrected chi connectivity index (χ1v) is 7.48. The molecule has 0 fully saturated rings. The van der Waals surface area contributed by atoms with E-state index in [0.717, 1.165) is 22.6 Å². The Hall–Kier alpha value is -2.13. The number of aromatic nitrogens is 3. The van der Waals surface area contributed by atoms with E-state index < -0.39 is 0 Å². The van der Waals surface area contributed by atoms with Crippen molar-refractivity contribution in [1.29, 1.82) is 5.26 Å². The van der Waals surface area contributed by atoms with Crippen molar-refractivity contribution >= 4 is 17.7 Å². The van der Waals surface area contributed by atoms with Crippen LogP contribution in [0.2, 0.25) is 0 Å². The maximum atomic E-state index is 12.2. The Morgan fingerprint density at radius 3 is 2.62 bits per heavy atom. The molecule has 2 aromatic rings. The third-order valence-electron chi connectivity index (χ3n) is 3.13. The molecule has 2 heterocycles. The Labute approximate surface area is 128 Å². The molecule has 2 aromatic heterocycles. The van der Waals surface area contributed by atoms with Crippen molar-refractivity contribution in [1.82, 2.24) is 14.8 Å². The Bertz CT molecular complexity index is 743. The van der Waals surface area contributed by atoms with Gasteiger partial charge in [-0.1, -0.05) is 11.8 Å². The van der Waals surface area contributed by atoms with Gasteiger partial charge in [0.2, 0.25) is 0 Å². The zero-order chi connectivity index (χ0) is 15.6. The molecule has 0 aliphatic heterocycles. The second-order valence-electron chi connectivity index (χ2n) is 4.88. The van der Waals surface area contributed by atoms with E-state index in [1.165, 1.54) is 16.4 Å². The van der Waals surface area contributed by atoms with Crippen molar-refractivity contribution in [3.05, 3.63) is 40.3 Å². The van der Waals surface area contributed by atoms with Gasteiger partial charge in [0.25, 0.3) is 5.91 Å². The summed E-state index contributed by atoms with van der Waals surface area (Å²) in [5, 5.41) is 13.9. The number of carbonyl (C=O) groups excluding carboxylic acids is 1. The Balaban J connectivity index is 2.17. The summed E-state index contributed by atoms with van der Waals surface area (Å²) >= 11 is 1.27. The van der Waals surface area contributed by atoms with Crippen LogP contribution in [0.3, 0.4) is 0 Å². The SMILES string of the molecule is Cc1cc(C)n(C(=O)CSc2nc(C)c(C)cc2C#N)n1. The molecule has 6 heteroatoms. The predicted molar refractivity (Wildman–Crippen MR) is 81.5 cm³/mol. The van der Waals surface area contributed by atoms with Gasteiger partial charge in [-0.25, -0.2) is 9.67 Å². The molecule has 0 aliphatic carbocycles. The standard InChI is InChI=1S/C15H16N4OS/c1-9-5-13(7-16)15(17-12(9)4)21-8-14(20)19-11(3)6-10(2)18-19/h5-6H,8H2,1-4H3. The van der Waals surface area contributed by atoms with E-state index >= 15 is 0 Å². The van der Waals surface area contributed by atoms with E-state index in [9.17, 15) is 4.79 Å². The van der Waals surface area contributed by atoms with Gasteiger partial charge in [-0.05, 0) is 45.4 Å². The van der Waals surface area contributed by atoms with Crippen LogP contribution >= 0.6 is 11.8 Å². The number of rotatable bonds is 3. The van der Waals surface area contributed by atoms with Crippen molar-refractivity contribution in [3.8, 4) is 6.07 Å². The zero-order valence-electron chi connectivity index (χ0n) is 12.5. The molecule has 0 aromatic carbocycles. The van der Waals surface area contributed by atoms with Gasteiger partial charge in [0.15, 0.2) is 0 Å². The Morgan fingerprint density at radius 1 is 1.33 bits per heavy atom. The fraction of sp³-hybridized carbons (Fsp3) is 0.333. The summed E-state index contributed by atoms with van der Waals surface area (Å²) in [6.07, 6.45) is 0. The molecule has 5 nitrogen and oxygen atoms in total. The van der Waals surface area contributed by atoms with Crippen molar-refractivity contribution < 1.29 is 4.79 Å². The molecule has 0 radical (unpaired) electrons. The minimum Gasteiger partial charge on any atom is -0.272 e.